The van der Waals surface area contributed by atoms with Gasteiger partial charge in [-0.1, -0.05) is 42.5 Å². The molecule has 0 heterocycles. The number of benzene rings is 2. The summed E-state index contributed by atoms with van der Waals surface area (Å²) >= 11 is 0. The summed E-state index contributed by atoms with van der Waals surface area (Å²) in [5, 5.41) is 0. The molecule has 2 aromatic carbocycles. The van der Waals surface area contributed by atoms with Crippen LogP contribution in [0.2, 0.25) is 0 Å². The smallest absolute Gasteiger partial charge is 0.00107 e. The van der Waals surface area contributed by atoms with Gasteiger partial charge in [0, 0.05) is 0 Å². The Morgan fingerprint density at radius 3 is 2.62 bits per heavy atom. The fourth-order valence-corrected chi connectivity index (χ4v) is 2.61. The number of rotatable bonds is 2. The average molecular weight is 209 g/mol. The van der Waals surface area contributed by atoms with Gasteiger partial charge in [-0.25, -0.2) is 0 Å². The van der Waals surface area contributed by atoms with E-state index in [-0.39, 0.29) is 0 Å². The summed E-state index contributed by atoms with van der Waals surface area (Å²) in [6, 6.07) is 15.2. The fraction of sp³-hybridized carbons (Fsp3) is 0.200. The van der Waals surface area contributed by atoms with E-state index in [9.17, 15) is 0 Å². The van der Waals surface area contributed by atoms with Crippen molar-refractivity contribution in [2.24, 2.45) is 5.73 Å². The molecule has 0 saturated carbocycles. The Morgan fingerprint density at radius 1 is 0.938 bits per heavy atom. The van der Waals surface area contributed by atoms with Gasteiger partial charge in [0.25, 0.3) is 0 Å². The standard InChI is InChI=1S/C15H15N/c16-9-8-11-5-3-7-14-13-6-2-1-4-12(13)10-15(11)14/h1-7H,8-10,16H2. The Labute approximate surface area is 95.9 Å². The van der Waals surface area contributed by atoms with Gasteiger partial charge in [0.1, 0.15) is 0 Å². The first kappa shape index (κ1) is 9.61. The molecule has 1 nitrogen and oxygen atoms in total. The lowest BCUT2D eigenvalue weighted by Gasteiger charge is -2.06. The van der Waals surface area contributed by atoms with Gasteiger partial charge in [-0.2, -0.15) is 0 Å². The molecule has 1 heteroatoms. The first-order valence-electron chi connectivity index (χ1n) is 5.79. The lowest BCUT2D eigenvalue weighted by atomic mass is 9.99. The van der Waals surface area contributed by atoms with Crippen molar-refractivity contribution in [2.45, 2.75) is 12.8 Å². The molecule has 0 atom stereocenters. The van der Waals surface area contributed by atoms with E-state index in [0.29, 0.717) is 0 Å². The van der Waals surface area contributed by atoms with Crippen molar-refractivity contribution in [2.75, 3.05) is 6.54 Å². The van der Waals surface area contributed by atoms with Crippen LogP contribution in [-0.2, 0) is 12.8 Å². The molecule has 0 spiro atoms. The summed E-state index contributed by atoms with van der Waals surface area (Å²) in [6.07, 6.45) is 2.05. The Bertz CT molecular complexity index is 529. The van der Waals surface area contributed by atoms with Crippen molar-refractivity contribution in [3.8, 4) is 11.1 Å². The highest BCUT2D eigenvalue weighted by molar-refractivity contribution is 5.77. The Hall–Kier alpha value is -1.60. The average Bonchev–Trinajstić information content (AvgIpc) is 2.69. The van der Waals surface area contributed by atoms with Gasteiger partial charge in [-0.3, -0.25) is 0 Å². The summed E-state index contributed by atoms with van der Waals surface area (Å²) in [7, 11) is 0. The minimum Gasteiger partial charge on any atom is -0.330 e. The molecule has 2 aromatic rings. The molecule has 0 aromatic heterocycles. The van der Waals surface area contributed by atoms with Crippen LogP contribution in [0, 0.1) is 0 Å². The minimum absolute atomic E-state index is 0.729. The maximum Gasteiger partial charge on any atom is -0.00107 e. The van der Waals surface area contributed by atoms with Gasteiger partial charge in [-0.05, 0) is 47.2 Å². The van der Waals surface area contributed by atoms with E-state index in [2.05, 4.69) is 42.5 Å². The van der Waals surface area contributed by atoms with Crippen LogP contribution in [0.5, 0.6) is 0 Å². The van der Waals surface area contributed by atoms with E-state index in [0.717, 1.165) is 19.4 Å². The first-order chi connectivity index (χ1) is 7.90. The first-order valence-corrected chi connectivity index (χ1v) is 5.79. The zero-order chi connectivity index (χ0) is 11.0. The van der Waals surface area contributed by atoms with E-state index < -0.39 is 0 Å². The quantitative estimate of drug-likeness (QED) is 0.690. The Kier molecular flexibility index (Phi) is 2.26. The molecule has 1 aliphatic rings. The lowest BCUT2D eigenvalue weighted by molar-refractivity contribution is 0.952. The number of hydrogen-bond acceptors (Lipinski definition) is 1. The second kappa shape index (κ2) is 3.76. The van der Waals surface area contributed by atoms with Crippen molar-refractivity contribution in [1.29, 1.82) is 0 Å². The third-order valence-corrected chi connectivity index (χ3v) is 3.36. The largest absolute Gasteiger partial charge is 0.330 e. The van der Waals surface area contributed by atoms with E-state index >= 15 is 0 Å². The number of fused-ring (bicyclic) bond motifs is 3. The summed E-state index contributed by atoms with van der Waals surface area (Å²) in [4.78, 5) is 0. The third-order valence-electron chi connectivity index (χ3n) is 3.36. The molecule has 0 aliphatic heterocycles. The highest BCUT2D eigenvalue weighted by Crippen LogP contribution is 2.37. The van der Waals surface area contributed by atoms with Crippen molar-refractivity contribution >= 4 is 0 Å². The van der Waals surface area contributed by atoms with E-state index in [1.165, 1.54) is 27.8 Å². The van der Waals surface area contributed by atoms with Gasteiger partial charge in [0.15, 0.2) is 0 Å². The van der Waals surface area contributed by atoms with E-state index in [4.69, 9.17) is 5.73 Å². The molecule has 80 valence electrons. The van der Waals surface area contributed by atoms with Crippen LogP contribution in [0.15, 0.2) is 42.5 Å². The van der Waals surface area contributed by atoms with Crippen LogP contribution in [0.3, 0.4) is 0 Å². The lowest BCUT2D eigenvalue weighted by Crippen LogP contribution is -2.04. The molecule has 0 radical (unpaired) electrons. The summed E-state index contributed by atoms with van der Waals surface area (Å²) < 4.78 is 0. The van der Waals surface area contributed by atoms with Gasteiger partial charge in [-0.15, -0.1) is 0 Å². The van der Waals surface area contributed by atoms with Gasteiger partial charge >= 0.3 is 0 Å². The highest BCUT2D eigenvalue weighted by atomic mass is 14.5. The molecule has 0 fully saturated rings. The predicted octanol–water partition coefficient (Wildman–Crippen LogP) is 2.76. The topological polar surface area (TPSA) is 26.0 Å². The van der Waals surface area contributed by atoms with Crippen LogP contribution < -0.4 is 5.73 Å². The molecule has 0 amide bonds. The van der Waals surface area contributed by atoms with Crippen LogP contribution in [0.1, 0.15) is 16.7 Å². The predicted molar refractivity (Wildman–Crippen MR) is 67.4 cm³/mol. The molecule has 16 heavy (non-hydrogen) atoms. The van der Waals surface area contributed by atoms with Crippen molar-refractivity contribution < 1.29 is 0 Å². The molecule has 3 rings (SSSR count). The zero-order valence-corrected chi connectivity index (χ0v) is 9.24. The Morgan fingerprint density at radius 2 is 1.75 bits per heavy atom. The normalized spacial score (nSPS) is 12.3. The molecular formula is C15H15N. The maximum atomic E-state index is 5.66. The summed E-state index contributed by atoms with van der Waals surface area (Å²) in [6.45, 7) is 0.729. The fourth-order valence-electron chi connectivity index (χ4n) is 2.61. The van der Waals surface area contributed by atoms with Crippen LogP contribution >= 0.6 is 0 Å². The second-order valence-electron chi connectivity index (χ2n) is 4.32. The van der Waals surface area contributed by atoms with E-state index in [1.807, 2.05) is 0 Å². The molecule has 0 bridgehead atoms. The molecule has 0 unspecified atom stereocenters. The maximum absolute atomic E-state index is 5.66. The Balaban J connectivity index is 2.16. The van der Waals surface area contributed by atoms with Gasteiger partial charge in [0.2, 0.25) is 0 Å². The van der Waals surface area contributed by atoms with Crippen molar-refractivity contribution in [3.05, 3.63) is 59.2 Å². The summed E-state index contributed by atoms with van der Waals surface area (Å²) in [5.74, 6) is 0. The van der Waals surface area contributed by atoms with Crippen LogP contribution in [0.25, 0.3) is 11.1 Å². The van der Waals surface area contributed by atoms with Gasteiger partial charge < -0.3 is 5.73 Å². The highest BCUT2D eigenvalue weighted by Gasteiger charge is 2.19. The molecule has 2 N–H and O–H groups in total. The monoisotopic (exact) mass is 209 g/mol. The zero-order valence-electron chi connectivity index (χ0n) is 9.24. The van der Waals surface area contributed by atoms with Crippen molar-refractivity contribution in [1.82, 2.24) is 0 Å². The van der Waals surface area contributed by atoms with Crippen LogP contribution in [-0.4, -0.2) is 6.54 Å². The number of nitrogens with two attached hydrogens (primary N) is 1. The summed E-state index contributed by atoms with van der Waals surface area (Å²) in [5.41, 5.74) is 12.8. The van der Waals surface area contributed by atoms with Gasteiger partial charge in [0.05, 0.1) is 0 Å². The number of hydrogen-bond donors (Lipinski definition) is 1. The molecule has 0 saturated heterocycles. The SMILES string of the molecule is NCCc1cccc2c1Cc1ccccc1-2. The minimum atomic E-state index is 0.729. The van der Waals surface area contributed by atoms with Crippen LogP contribution in [0.4, 0.5) is 0 Å². The second-order valence-corrected chi connectivity index (χ2v) is 4.32. The van der Waals surface area contributed by atoms with E-state index in [1.54, 1.807) is 0 Å². The molecular weight excluding hydrogens is 194 g/mol. The molecule has 1 aliphatic carbocycles. The van der Waals surface area contributed by atoms with Crippen molar-refractivity contribution in [3.63, 3.8) is 0 Å². The third kappa shape index (κ3) is 1.36.